The fourth-order valence-electron chi connectivity index (χ4n) is 3.76. The summed E-state index contributed by atoms with van der Waals surface area (Å²) < 4.78 is 19.5. The number of rotatable bonds is 7. The number of hydrogen-bond acceptors (Lipinski definition) is 7. The molecule has 0 aliphatic carbocycles. The Morgan fingerprint density at radius 2 is 2.00 bits per heavy atom. The first-order valence-corrected chi connectivity index (χ1v) is 12.3. The number of anilines is 1. The highest BCUT2D eigenvalue weighted by Gasteiger charge is 2.35. The van der Waals surface area contributed by atoms with Gasteiger partial charge in [0.2, 0.25) is 5.95 Å². The number of nitrogens with one attached hydrogen (secondary N) is 1. The molecule has 0 saturated carbocycles. The molecule has 1 aromatic heterocycles. The largest absolute Gasteiger partial charge is 0.493 e. The first kappa shape index (κ1) is 25.3. The molecule has 3 aromatic rings. The van der Waals surface area contributed by atoms with Crippen LogP contribution in [0.25, 0.3) is 0 Å². The van der Waals surface area contributed by atoms with Gasteiger partial charge in [0, 0.05) is 5.70 Å². The average molecular weight is 582 g/mol. The van der Waals surface area contributed by atoms with Crippen LogP contribution in [0.5, 0.6) is 11.5 Å². The smallest absolute Gasteiger partial charge is 0.338 e. The van der Waals surface area contributed by atoms with Crippen LogP contribution < -0.4 is 14.8 Å². The number of methoxy groups -OCH3 is 1. The number of carbonyl (C=O) groups is 1. The Balaban J connectivity index is 1.72. The van der Waals surface area contributed by atoms with Gasteiger partial charge in [0.25, 0.3) is 0 Å². The monoisotopic (exact) mass is 580 g/mol. The molecule has 1 unspecified atom stereocenters. The zero-order chi connectivity index (χ0) is 25.3. The van der Waals surface area contributed by atoms with E-state index in [1.165, 1.54) is 6.33 Å². The third-order valence-electron chi connectivity index (χ3n) is 5.29. The van der Waals surface area contributed by atoms with Gasteiger partial charge < -0.3 is 19.5 Å². The quantitative estimate of drug-likeness (QED) is 0.333. The Hall–Kier alpha value is -2.75. The van der Waals surface area contributed by atoms with Crippen LogP contribution in [0.2, 0.25) is 10.0 Å². The van der Waals surface area contributed by atoms with E-state index < -0.39 is 12.0 Å². The van der Waals surface area contributed by atoms with Gasteiger partial charge in [0.15, 0.2) is 11.5 Å². The van der Waals surface area contributed by atoms with Crippen LogP contribution in [0, 0.1) is 0 Å². The summed E-state index contributed by atoms with van der Waals surface area (Å²) in [5, 5.41) is 8.40. The number of esters is 1. The predicted molar refractivity (Wildman–Crippen MR) is 137 cm³/mol. The maximum absolute atomic E-state index is 13.1. The minimum atomic E-state index is -0.589. The van der Waals surface area contributed by atoms with Crippen molar-refractivity contribution in [3.8, 4) is 11.5 Å². The SMILES string of the molecule is COc1cc(C2C(C(=O)OC(C)C)=C(C)Nc3ncnn32)cc(Br)c1OCc1ccc(Cl)c(Cl)c1. The van der Waals surface area contributed by atoms with E-state index in [0.717, 1.165) is 11.1 Å². The number of benzene rings is 2. The minimum Gasteiger partial charge on any atom is -0.493 e. The predicted octanol–water partition coefficient (Wildman–Crippen LogP) is 6.18. The van der Waals surface area contributed by atoms with Crippen LogP contribution in [0.15, 0.2) is 52.4 Å². The Labute approximate surface area is 221 Å². The molecule has 0 saturated heterocycles. The lowest BCUT2D eigenvalue weighted by atomic mass is 9.95. The van der Waals surface area contributed by atoms with E-state index in [9.17, 15) is 4.79 Å². The lowest BCUT2D eigenvalue weighted by molar-refractivity contribution is -0.143. The third-order valence-corrected chi connectivity index (χ3v) is 6.62. The summed E-state index contributed by atoms with van der Waals surface area (Å²) in [7, 11) is 1.55. The number of nitrogens with zero attached hydrogens (tertiary/aromatic N) is 3. The van der Waals surface area contributed by atoms with Crippen molar-refractivity contribution in [1.29, 1.82) is 0 Å². The second kappa shape index (κ2) is 10.5. The molecule has 35 heavy (non-hydrogen) atoms. The number of allylic oxidation sites excluding steroid dienone is 1. The number of fused-ring (bicyclic) bond motifs is 1. The number of ether oxygens (including phenoxy) is 3. The summed E-state index contributed by atoms with van der Waals surface area (Å²) in [4.78, 5) is 17.3. The van der Waals surface area contributed by atoms with E-state index >= 15 is 0 Å². The lowest BCUT2D eigenvalue weighted by Gasteiger charge is -2.29. The number of hydrogen-bond donors (Lipinski definition) is 1. The number of halogens is 3. The maximum Gasteiger partial charge on any atom is 0.338 e. The Morgan fingerprint density at radius 1 is 1.23 bits per heavy atom. The van der Waals surface area contributed by atoms with Crippen LogP contribution in [-0.2, 0) is 16.1 Å². The molecule has 1 aliphatic rings. The molecule has 0 radical (unpaired) electrons. The van der Waals surface area contributed by atoms with E-state index in [4.69, 9.17) is 37.4 Å². The summed E-state index contributed by atoms with van der Waals surface area (Å²) in [5.74, 6) is 1.06. The molecule has 2 aromatic carbocycles. The van der Waals surface area contributed by atoms with Gasteiger partial charge in [0.05, 0.1) is 33.3 Å². The van der Waals surface area contributed by atoms with Gasteiger partial charge in [-0.3, -0.25) is 0 Å². The highest BCUT2D eigenvalue weighted by molar-refractivity contribution is 9.10. The molecule has 4 rings (SSSR count). The molecule has 1 N–H and O–H groups in total. The maximum atomic E-state index is 13.1. The van der Waals surface area contributed by atoms with Gasteiger partial charge in [-0.15, -0.1) is 0 Å². The van der Waals surface area contributed by atoms with Gasteiger partial charge in [0.1, 0.15) is 19.0 Å². The van der Waals surface area contributed by atoms with Gasteiger partial charge in [-0.1, -0.05) is 29.3 Å². The molecule has 11 heteroatoms. The molecule has 0 bridgehead atoms. The van der Waals surface area contributed by atoms with Crippen molar-refractivity contribution in [2.24, 2.45) is 0 Å². The van der Waals surface area contributed by atoms with Crippen LogP contribution in [0.3, 0.4) is 0 Å². The second-order valence-electron chi connectivity index (χ2n) is 8.12. The summed E-state index contributed by atoms with van der Waals surface area (Å²) in [5.41, 5.74) is 2.64. The summed E-state index contributed by atoms with van der Waals surface area (Å²) >= 11 is 15.7. The highest BCUT2D eigenvalue weighted by atomic mass is 79.9. The molecule has 2 heterocycles. The first-order chi connectivity index (χ1) is 16.7. The standard InChI is InChI=1S/C24H23BrCl2N4O4/c1-12(2)35-23(32)20-13(3)30-24-28-11-29-31(24)21(20)15-8-16(25)22(19(9-15)33-4)34-10-14-5-6-17(26)18(27)7-14/h5-9,11-12,21H,10H2,1-4H3,(H,28,29,30). The van der Waals surface area contributed by atoms with Crippen molar-refractivity contribution in [2.45, 2.75) is 39.5 Å². The van der Waals surface area contributed by atoms with E-state index in [1.54, 1.807) is 37.8 Å². The Kier molecular flexibility index (Phi) is 7.59. The van der Waals surface area contributed by atoms with E-state index in [0.29, 0.717) is 43.2 Å². The van der Waals surface area contributed by atoms with Crippen LogP contribution in [-0.4, -0.2) is 33.9 Å². The van der Waals surface area contributed by atoms with Crippen molar-refractivity contribution in [2.75, 3.05) is 12.4 Å². The van der Waals surface area contributed by atoms with Gasteiger partial charge in [-0.05, 0) is 72.1 Å². The molecule has 1 aliphatic heterocycles. The zero-order valence-electron chi connectivity index (χ0n) is 19.4. The van der Waals surface area contributed by atoms with Crippen molar-refractivity contribution >= 4 is 51.0 Å². The molecule has 8 nitrogen and oxygen atoms in total. The number of aromatic nitrogens is 3. The molecule has 0 spiro atoms. The fourth-order valence-corrected chi connectivity index (χ4v) is 4.66. The van der Waals surface area contributed by atoms with Crippen molar-refractivity contribution in [3.63, 3.8) is 0 Å². The third kappa shape index (κ3) is 5.27. The van der Waals surface area contributed by atoms with Crippen LogP contribution in [0.1, 0.15) is 37.9 Å². The minimum absolute atomic E-state index is 0.247. The van der Waals surface area contributed by atoms with Crippen molar-refractivity contribution < 1.29 is 19.0 Å². The number of carbonyl (C=O) groups excluding carboxylic acids is 1. The van der Waals surface area contributed by atoms with Crippen molar-refractivity contribution in [3.05, 3.63) is 73.6 Å². The Morgan fingerprint density at radius 3 is 2.69 bits per heavy atom. The Bertz CT molecular complexity index is 1310. The first-order valence-electron chi connectivity index (χ1n) is 10.7. The molecular weight excluding hydrogens is 559 g/mol. The van der Waals surface area contributed by atoms with Gasteiger partial charge >= 0.3 is 5.97 Å². The topological polar surface area (TPSA) is 87.5 Å². The summed E-state index contributed by atoms with van der Waals surface area (Å²) in [6.45, 7) is 5.67. The van der Waals surface area contributed by atoms with Gasteiger partial charge in [-0.2, -0.15) is 10.1 Å². The molecule has 184 valence electrons. The van der Waals surface area contributed by atoms with Gasteiger partial charge in [-0.25, -0.2) is 9.48 Å². The molecule has 0 fully saturated rings. The summed E-state index contributed by atoms with van der Waals surface area (Å²) in [6.07, 6.45) is 1.15. The van der Waals surface area contributed by atoms with Crippen LogP contribution in [0.4, 0.5) is 5.95 Å². The highest BCUT2D eigenvalue weighted by Crippen LogP contribution is 2.43. The average Bonchev–Trinajstić information content (AvgIpc) is 3.26. The molecule has 0 amide bonds. The van der Waals surface area contributed by atoms with Crippen molar-refractivity contribution in [1.82, 2.24) is 14.8 Å². The van der Waals surface area contributed by atoms with Crippen LogP contribution >= 0.6 is 39.1 Å². The van der Waals surface area contributed by atoms with E-state index in [2.05, 4.69) is 31.3 Å². The normalized spacial score (nSPS) is 15.0. The molecular formula is C24H23BrCl2N4O4. The van der Waals surface area contributed by atoms with E-state index in [-0.39, 0.29) is 12.7 Å². The summed E-state index contributed by atoms with van der Waals surface area (Å²) in [6, 6.07) is 8.40. The second-order valence-corrected chi connectivity index (χ2v) is 9.79. The zero-order valence-corrected chi connectivity index (χ0v) is 22.5. The van der Waals surface area contributed by atoms with E-state index in [1.807, 2.05) is 25.1 Å². The molecule has 1 atom stereocenters. The lowest BCUT2D eigenvalue weighted by Crippen LogP contribution is -2.30. The fraction of sp³-hybridized carbons (Fsp3) is 0.292.